The van der Waals surface area contributed by atoms with Gasteiger partial charge in [0.05, 0.1) is 0 Å². The number of nitrogens with zero attached hydrogens (tertiary/aromatic N) is 1. The lowest BCUT2D eigenvalue weighted by Crippen LogP contribution is -2.48. The highest BCUT2D eigenvalue weighted by atomic mass is 79.9. The molecule has 77 heavy (non-hydrogen) atoms. The highest BCUT2D eigenvalue weighted by molar-refractivity contribution is 9.10. The Kier molecular flexibility index (Phi) is 15.7. The van der Waals surface area contributed by atoms with Crippen molar-refractivity contribution < 1.29 is 0 Å². The normalized spacial score (nSPS) is 26.1. The Morgan fingerprint density at radius 3 is 0.961 bits per heavy atom. The molecule has 0 aliphatic heterocycles. The van der Waals surface area contributed by atoms with Crippen molar-refractivity contribution in [1.82, 2.24) is 0 Å². The van der Waals surface area contributed by atoms with E-state index >= 15 is 0 Å². The van der Waals surface area contributed by atoms with Crippen molar-refractivity contribution in [2.75, 3.05) is 10.2 Å². The number of hydrogen-bond donors (Lipinski definition) is 1. The summed E-state index contributed by atoms with van der Waals surface area (Å²) >= 11 is 16.8. The van der Waals surface area contributed by atoms with E-state index in [2.05, 4.69) is 237 Å². The van der Waals surface area contributed by atoms with Gasteiger partial charge in [0, 0.05) is 43.0 Å². The lowest BCUT2D eigenvalue weighted by atomic mass is 9.48. The maximum absolute atomic E-state index is 6.95. The molecule has 8 bridgehead atoms. The molecule has 8 saturated carbocycles. The van der Waals surface area contributed by atoms with Crippen LogP contribution in [-0.2, 0) is 32.5 Å². The van der Waals surface area contributed by atoms with Crippen LogP contribution >= 0.6 is 39.1 Å². The van der Waals surface area contributed by atoms with Gasteiger partial charge in [0.15, 0.2) is 0 Å². The fourth-order valence-electron chi connectivity index (χ4n) is 15.7. The molecule has 8 aliphatic rings. The fraction of sp³-hybridized carbons (Fsp3) is 0.500. The Labute approximate surface area is 484 Å². The van der Waals surface area contributed by atoms with Gasteiger partial charge in [-0.15, -0.1) is 0 Å². The van der Waals surface area contributed by atoms with E-state index in [1.54, 1.807) is 0 Å². The van der Waals surface area contributed by atoms with E-state index in [-0.39, 0.29) is 21.7 Å². The van der Waals surface area contributed by atoms with Gasteiger partial charge in [0.1, 0.15) is 0 Å². The minimum absolute atomic E-state index is 0.124. The van der Waals surface area contributed by atoms with Gasteiger partial charge < -0.3 is 10.2 Å². The maximum atomic E-state index is 6.95. The summed E-state index contributed by atoms with van der Waals surface area (Å²) in [5.41, 5.74) is 15.6. The van der Waals surface area contributed by atoms with Crippen molar-refractivity contribution in [3.8, 4) is 0 Å². The molecule has 0 unspecified atom stereocenters. The van der Waals surface area contributed by atoms with Crippen LogP contribution < -0.4 is 10.2 Å². The summed E-state index contributed by atoms with van der Waals surface area (Å²) in [6, 6.07) is 49.2. The molecule has 0 saturated heterocycles. The highest BCUT2D eigenvalue weighted by Crippen LogP contribution is 2.62. The predicted molar refractivity (Wildman–Crippen MR) is 336 cm³/mol. The van der Waals surface area contributed by atoms with E-state index in [4.69, 9.17) is 23.2 Å². The first-order valence-corrected chi connectivity index (χ1v) is 31.0. The Morgan fingerprint density at radius 1 is 0.377 bits per heavy atom. The number of halogens is 3. The summed E-state index contributed by atoms with van der Waals surface area (Å²) in [6.07, 6.45) is 17.1. The molecule has 0 spiro atoms. The average molecular weight is 1130 g/mol. The zero-order valence-electron chi connectivity index (χ0n) is 48.7. The van der Waals surface area contributed by atoms with Gasteiger partial charge >= 0.3 is 0 Å². The lowest BCUT2D eigenvalue weighted by molar-refractivity contribution is -0.00531. The predicted octanol–water partition coefficient (Wildman–Crippen LogP) is 22.5. The van der Waals surface area contributed by atoms with Gasteiger partial charge in [-0.2, -0.15) is 0 Å². The Hall–Kier alpha value is -4.02. The average Bonchev–Trinajstić information content (AvgIpc) is 3.33. The number of nitrogens with one attached hydrogen (secondary N) is 1. The topological polar surface area (TPSA) is 15.3 Å². The van der Waals surface area contributed by atoms with E-state index in [0.29, 0.717) is 10.8 Å². The smallest absolute Gasteiger partial charge is 0.0479 e. The SMILES string of the molecule is CC(C)(C)c1ccc(N(c2ccc(C(C)(C)C)cc2)c2cc(Cl)cc(C34CC5CC(CC(C5)C3)C4)c2)cc1.CC(C)(C)c1ccc(Nc2ccc(C(C)(C)C)cc2)cc1.Clc1cc(Br)cc(C23CC4CC(CC(C4)C2)C3)c1. The second kappa shape index (κ2) is 21.5. The molecular weight excluding hydrogens is 1040 g/mol. The van der Waals surface area contributed by atoms with Crippen LogP contribution in [0.5, 0.6) is 0 Å². The monoisotopic (exact) mass is 1130 g/mol. The molecule has 8 fully saturated rings. The van der Waals surface area contributed by atoms with Crippen molar-refractivity contribution in [1.29, 1.82) is 0 Å². The van der Waals surface area contributed by atoms with Crippen LogP contribution in [-0.4, -0.2) is 0 Å². The molecule has 14 rings (SSSR count). The summed E-state index contributed by atoms with van der Waals surface area (Å²) < 4.78 is 1.14. The maximum Gasteiger partial charge on any atom is 0.0479 e. The molecule has 0 amide bonds. The second-order valence-corrected chi connectivity index (χ2v) is 31.2. The van der Waals surface area contributed by atoms with Crippen molar-refractivity contribution in [2.45, 2.75) is 193 Å². The zero-order chi connectivity index (χ0) is 54.9. The summed E-state index contributed by atoms with van der Waals surface area (Å²) in [5.74, 6) is 5.72. The van der Waals surface area contributed by atoms with Gasteiger partial charge in [-0.3, -0.25) is 0 Å². The Morgan fingerprint density at radius 2 is 0.662 bits per heavy atom. The van der Waals surface area contributed by atoms with Crippen molar-refractivity contribution in [3.05, 3.63) is 181 Å². The quantitative estimate of drug-likeness (QED) is 0.171. The summed E-state index contributed by atoms with van der Waals surface area (Å²) in [4.78, 5) is 2.41. The fourth-order valence-corrected chi connectivity index (χ4v) is 16.8. The van der Waals surface area contributed by atoms with Crippen LogP contribution in [0.2, 0.25) is 10.0 Å². The first-order valence-electron chi connectivity index (χ1n) is 29.5. The van der Waals surface area contributed by atoms with Gasteiger partial charge in [0.2, 0.25) is 0 Å². The molecule has 408 valence electrons. The van der Waals surface area contributed by atoms with E-state index < -0.39 is 0 Å². The standard InChI is InChI=1S/C36H44ClN.C20H27N.C16H18BrCl/c1-34(2,3)27-7-11-31(12-8-27)38(32-13-9-28(10-14-32)35(4,5)6)33-19-29(18-30(37)20-33)36-21-24-15-25(22-36)17-26(16-24)23-36;1-19(2,3)15-7-11-17(12-8-15)21-18-13-9-16(10-14-18)20(4,5)6;17-14-4-13(5-15(18)6-14)16-7-10-1-11(8-16)3-12(2-10)9-16/h7-14,18-20,24-26H,15-17,21-23H2,1-6H3;7-14,21H,1-6H3;4-6,10-12H,1-3,7-9H2. The Bertz CT molecular complexity index is 2790. The first-order chi connectivity index (χ1) is 36.2. The molecule has 1 N–H and O–H groups in total. The second-order valence-electron chi connectivity index (χ2n) is 29.5. The molecule has 2 nitrogen and oxygen atoms in total. The third-order valence-electron chi connectivity index (χ3n) is 19.1. The highest BCUT2D eigenvalue weighted by Gasteiger charge is 2.53. The third-order valence-corrected chi connectivity index (χ3v) is 20.0. The van der Waals surface area contributed by atoms with Gasteiger partial charge in [0.25, 0.3) is 0 Å². The molecule has 0 atom stereocenters. The van der Waals surface area contributed by atoms with Crippen LogP contribution in [0.4, 0.5) is 28.4 Å². The first kappa shape index (κ1) is 56.3. The third kappa shape index (κ3) is 12.8. The number of anilines is 5. The van der Waals surface area contributed by atoms with Gasteiger partial charge in [-0.25, -0.2) is 0 Å². The van der Waals surface area contributed by atoms with Gasteiger partial charge in [-0.1, -0.05) is 171 Å². The van der Waals surface area contributed by atoms with E-state index in [0.717, 1.165) is 61.4 Å². The van der Waals surface area contributed by atoms with Crippen molar-refractivity contribution in [3.63, 3.8) is 0 Å². The largest absolute Gasteiger partial charge is 0.356 e. The number of rotatable bonds is 7. The summed E-state index contributed by atoms with van der Waals surface area (Å²) in [6.45, 7) is 27.1. The van der Waals surface area contributed by atoms with Crippen molar-refractivity contribution in [2.24, 2.45) is 35.5 Å². The van der Waals surface area contributed by atoms with Crippen LogP contribution in [0.1, 0.15) is 194 Å². The number of benzene rings is 6. The molecule has 0 radical (unpaired) electrons. The molecule has 6 aromatic rings. The molecule has 6 aromatic carbocycles. The molecule has 5 heteroatoms. The van der Waals surface area contributed by atoms with Crippen LogP contribution in [0.3, 0.4) is 0 Å². The van der Waals surface area contributed by atoms with E-state index in [1.807, 2.05) is 6.07 Å². The molecule has 0 aromatic heterocycles. The lowest BCUT2D eigenvalue weighted by Gasteiger charge is -2.57. The van der Waals surface area contributed by atoms with Crippen LogP contribution in [0, 0.1) is 35.5 Å². The van der Waals surface area contributed by atoms with E-state index in [9.17, 15) is 0 Å². The Balaban J connectivity index is 0.000000145. The molecule has 0 heterocycles. The number of hydrogen-bond acceptors (Lipinski definition) is 2. The zero-order valence-corrected chi connectivity index (χ0v) is 51.8. The van der Waals surface area contributed by atoms with Crippen LogP contribution in [0.15, 0.2) is 138 Å². The molecular formula is C72H89BrCl2N2. The van der Waals surface area contributed by atoms with E-state index in [1.165, 1.54) is 127 Å². The summed E-state index contributed by atoms with van der Waals surface area (Å²) in [5, 5.41) is 5.20. The van der Waals surface area contributed by atoms with Crippen LogP contribution in [0.25, 0.3) is 0 Å². The summed E-state index contributed by atoms with van der Waals surface area (Å²) in [7, 11) is 0. The minimum Gasteiger partial charge on any atom is -0.356 e. The van der Waals surface area contributed by atoms with Gasteiger partial charge in [-0.05, 0) is 263 Å². The van der Waals surface area contributed by atoms with Crippen molar-refractivity contribution >= 4 is 67.6 Å². The molecule has 8 aliphatic carbocycles. The minimum atomic E-state index is 0.124.